The number of carbonyl (C=O) groups excluding carboxylic acids is 2. The Morgan fingerprint density at radius 2 is 1.21 bits per heavy atom. The first-order chi connectivity index (χ1) is 16.1. The van der Waals surface area contributed by atoms with Crippen molar-refractivity contribution >= 4 is 11.8 Å². The van der Waals surface area contributed by atoms with Gasteiger partial charge in [0.1, 0.15) is 0 Å². The molecule has 0 aromatic heterocycles. The molecule has 2 aliphatic rings. The first kappa shape index (κ1) is 21.4. The molecule has 0 saturated carbocycles. The molecule has 33 heavy (non-hydrogen) atoms. The third kappa shape index (κ3) is 3.70. The fourth-order valence-electron chi connectivity index (χ4n) is 5.27. The van der Waals surface area contributed by atoms with Crippen LogP contribution in [0.2, 0.25) is 0 Å². The summed E-state index contributed by atoms with van der Waals surface area (Å²) in [5.41, 5.74) is 6.10. The quantitative estimate of drug-likeness (QED) is 0.379. The van der Waals surface area contributed by atoms with Crippen molar-refractivity contribution < 1.29 is 9.59 Å². The lowest BCUT2D eigenvalue weighted by Gasteiger charge is -2.43. The molecule has 166 valence electrons. The standard InChI is InChI=1S/C29H28N2O2/c1-3-24(20(2)31-28(32)25-16-10-11-17-26(25)29(31)33)23-18-30(19-23)27(21-12-6-4-7-13-21)22-14-8-5-9-15-22/h4-17,20,27H,3,18-19H2,1-2H3/t20-/m1/s1. The Labute approximate surface area is 195 Å². The maximum absolute atomic E-state index is 13.0. The lowest BCUT2D eigenvalue weighted by molar-refractivity contribution is 0.0614. The Morgan fingerprint density at radius 1 is 0.758 bits per heavy atom. The van der Waals surface area contributed by atoms with Crippen LogP contribution in [0.1, 0.15) is 58.2 Å². The smallest absolute Gasteiger partial charge is 0.262 e. The van der Waals surface area contributed by atoms with E-state index in [1.165, 1.54) is 27.2 Å². The van der Waals surface area contributed by atoms with E-state index in [-0.39, 0.29) is 23.9 Å². The molecule has 0 bridgehead atoms. The van der Waals surface area contributed by atoms with Crippen LogP contribution in [0, 0.1) is 0 Å². The second-order valence-electron chi connectivity index (χ2n) is 8.81. The maximum atomic E-state index is 13.0. The van der Waals surface area contributed by atoms with Crippen LogP contribution >= 0.6 is 0 Å². The van der Waals surface area contributed by atoms with Crippen molar-refractivity contribution in [2.24, 2.45) is 0 Å². The minimum atomic E-state index is -0.244. The van der Waals surface area contributed by atoms with E-state index in [1.807, 2.05) is 31.2 Å². The van der Waals surface area contributed by atoms with E-state index >= 15 is 0 Å². The summed E-state index contributed by atoms with van der Waals surface area (Å²) in [5.74, 6) is -0.366. The highest BCUT2D eigenvalue weighted by Crippen LogP contribution is 2.37. The third-order valence-corrected chi connectivity index (χ3v) is 6.94. The van der Waals surface area contributed by atoms with Crippen LogP contribution in [0.15, 0.2) is 96.1 Å². The SMILES string of the molecule is CCC(=C1CN(C(c2ccccc2)c2ccccc2)C1)[C@@H](C)N1C(=O)c2ccccc2C1=O. The summed E-state index contributed by atoms with van der Waals surface area (Å²) in [6.45, 7) is 5.78. The zero-order valence-electron chi connectivity index (χ0n) is 19.1. The van der Waals surface area contributed by atoms with Gasteiger partial charge >= 0.3 is 0 Å². The van der Waals surface area contributed by atoms with Crippen LogP contribution in [-0.2, 0) is 0 Å². The van der Waals surface area contributed by atoms with Gasteiger partial charge in [0.25, 0.3) is 11.8 Å². The number of fused-ring (bicyclic) bond motifs is 1. The monoisotopic (exact) mass is 436 g/mol. The molecule has 4 heteroatoms. The minimum Gasteiger partial charge on any atom is -0.284 e. The molecule has 0 aliphatic carbocycles. The van der Waals surface area contributed by atoms with E-state index in [2.05, 4.69) is 60.4 Å². The molecule has 1 atom stereocenters. The van der Waals surface area contributed by atoms with Gasteiger partial charge in [-0.2, -0.15) is 0 Å². The van der Waals surface area contributed by atoms with Crippen molar-refractivity contribution in [1.29, 1.82) is 0 Å². The van der Waals surface area contributed by atoms with Gasteiger partial charge in [-0.05, 0) is 47.8 Å². The van der Waals surface area contributed by atoms with Crippen LogP contribution in [0.5, 0.6) is 0 Å². The summed E-state index contributed by atoms with van der Waals surface area (Å²) in [6.07, 6.45) is 0.819. The summed E-state index contributed by atoms with van der Waals surface area (Å²) < 4.78 is 0. The van der Waals surface area contributed by atoms with Gasteiger partial charge in [0.05, 0.1) is 23.2 Å². The predicted octanol–water partition coefficient (Wildman–Crippen LogP) is 5.48. The van der Waals surface area contributed by atoms with Crippen molar-refractivity contribution in [2.45, 2.75) is 32.4 Å². The zero-order chi connectivity index (χ0) is 22.9. The number of imide groups is 1. The molecule has 2 aliphatic heterocycles. The van der Waals surface area contributed by atoms with E-state index in [4.69, 9.17) is 0 Å². The van der Waals surface area contributed by atoms with Gasteiger partial charge in [-0.1, -0.05) is 79.7 Å². The van der Waals surface area contributed by atoms with Crippen LogP contribution in [0.3, 0.4) is 0 Å². The number of carbonyl (C=O) groups is 2. The van der Waals surface area contributed by atoms with Gasteiger partial charge in [-0.15, -0.1) is 0 Å². The molecule has 1 fully saturated rings. The van der Waals surface area contributed by atoms with Crippen molar-refractivity contribution in [2.75, 3.05) is 13.1 Å². The van der Waals surface area contributed by atoms with Gasteiger partial charge in [0, 0.05) is 13.1 Å². The largest absolute Gasteiger partial charge is 0.284 e. The highest BCUT2D eigenvalue weighted by molar-refractivity contribution is 6.21. The van der Waals surface area contributed by atoms with E-state index in [9.17, 15) is 9.59 Å². The second kappa shape index (κ2) is 8.80. The highest BCUT2D eigenvalue weighted by Gasteiger charge is 2.41. The van der Waals surface area contributed by atoms with E-state index in [0.29, 0.717) is 11.1 Å². The topological polar surface area (TPSA) is 40.6 Å². The molecule has 2 amide bonds. The number of hydrogen-bond acceptors (Lipinski definition) is 3. The summed E-state index contributed by atoms with van der Waals surface area (Å²) in [6, 6.07) is 28.2. The van der Waals surface area contributed by atoms with Crippen molar-refractivity contribution in [3.05, 3.63) is 118 Å². The molecule has 0 unspecified atom stereocenters. The number of benzene rings is 3. The van der Waals surface area contributed by atoms with Crippen LogP contribution in [-0.4, -0.2) is 40.7 Å². The third-order valence-electron chi connectivity index (χ3n) is 6.94. The minimum absolute atomic E-state index is 0.183. The molecule has 1 saturated heterocycles. The Bertz CT molecular complexity index is 1130. The molecule has 0 N–H and O–H groups in total. The number of hydrogen-bond donors (Lipinski definition) is 0. The number of nitrogens with zero attached hydrogens (tertiary/aromatic N) is 2. The molecular formula is C29H28N2O2. The van der Waals surface area contributed by atoms with E-state index < -0.39 is 0 Å². The summed E-state index contributed by atoms with van der Waals surface area (Å²) >= 11 is 0. The average molecular weight is 437 g/mol. The zero-order valence-corrected chi connectivity index (χ0v) is 19.1. The maximum Gasteiger partial charge on any atom is 0.262 e. The van der Waals surface area contributed by atoms with Gasteiger partial charge in [-0.25, -0.2) is 0 Å². The summed E-state index contributed by atoms with van der Waals surface area (Å²) in [5, 5.41) is 0. The van der Waals surface area contributed by atoms with Crippen LogP contribution < -0.4 is 0 Å². The molecule has 4 nitrogen and oxygen atoms in total. The average Bonchev–Trinajstić information content (AvgIpc) is 3.09. The van der Waals surface area contributed by atoms with Gasteiger partial charge in [0.2, 0.25) is 0 Å². The lowest BCUT2D eigenvalue weighted by atomic mass is 9.88. The molecule has 3 aromatic carbocycles. The number of amides is 2. The normalized spacial score (nSPS) is 16.7. The van der Waals surface area contributed by atoms with Crippen molar-refractivity contribution in [3.8, 4) is 0 Å². The highest BCUT2D eigenvalue weighted by atomic mass is 16.2. The fourth-order valence-corrected chi connectivity index (χ4v) is 5.27. The lowest BCUT2D eigenvalue weighted by Crippen LogP contribution is -2.47. The van der Waals surface area contributed by atoms with Crippen molar-refractivity contribution in [1.82, 2.24) is 9.80 Å². The molecule has 0 spiro atoms. The Balaban J connectivity index is 1.41. The van der Waals surface area contributed by atoms with Gasteiger partial charge < -0.3 is 0 Å². The molecular weight excluding hydrogens is 408 g/mol. The molecule has 5 rings (SSSR count). The van der Waals surface area contributed by atoms with Crippen LogP contribution in [0.25, 0.3) is 0 Å². The van der Waals surface area contributed by atoms with E-state index in [1.54, 1.807) is 12.1 Å². The second-order valence-corrected chi connectivity index (χ2v) is 8.81. The fraction of sp³-hybridized carbons (Fsp3) is 0.241. The summed E-state index contributed by atoms with van der Waals surface area (Å²) in [4.78, 5) is 29.9. The van der Waals surface area contributed by atoms with Gasteiger partial charge in [0.15, 0.2) is 0 Å². The number of likely N-dealkylation sites (tertiary alicyclic amines) is 1. The molecule has 3 aromatic rings. The number of rotatable bonds is 6. The van der Waals surface area contributed by atoms with Gasteiger partial charge in [-0.3, -0.25) is 19.4 Å². The Kier molecular flexibility index (Phi) is 5.69. The Hall–Kier alpha value is -3.50. The molecule has 0 radical (unpaired) electrons. The summed E-state index contributed by atoms with van der Waals surface area (Å²) in [7, 11) is 0. The van der Waals surface area contributed by atoms with Crippen molar-refractivity contribution in [3.63, 3.8) is 0 Å². The molecule has 2 heterocycles. The first-order valence-electron chi connectivity index (χ1n) is 11.6. The first-order valence-corrected chi connectivity index (χ1v) is 11.6. The predicted molar refractivity (Wildman–Crippen MR) is 130 cm³/mol. The van der Waals surface area contributed by atoms with Crippen LogP contribution in [0.4, 0.5) is 0 Å². The Morgan fingerprint density at radius 3 is 1.67 bits per heavy atom. The van der Waals surface area contributed by atoms with E-state index in [0.717, 1.165) is 19.5 Å².